The topological polar surface area (TPSA) is 41.1 Å². The second-order valence-corrected chi connectivity index (χ2v) is 5.67. The summed E-state index contributed by atoms with van der Waals surface area (Å²) >= 11 is 5.19. The molecule has 0 unspecified atom stereocenters. The number of carbonyl (C=O) groups excluding carboxylic acids is 1. The molecule has 1 amide bonds. The Morgan fingerprint density at radius 2 is 1.73 bits per heavy atom. The van der Waals surface area contributed by atoms with E-state index in [1.165, 1.54) is 5.56 Å². The number of hydrogen-bond acceptors (Lipinski definition) is 2. The Hall–Kier alpha value is -2.20. The molecule has 0 fully saturated rings. The van der Waals surface area contributed by atoms with Crippen LogP contribution in [0.2, 0.25) is 0 Å². The van der Waals surface area contributed by atoms with Crippen molar-refractivity contribution in [3.05, 3.63) is 64.7 Å². The summed E-state index contributed by atoms with van der Waals surface area (Å²) < 4.78 is 0. The predicted molar refractivity (Wildman–Crippen MR) is 95.4 cm³/mol. The van der Waals surface area contributed by atoms with Gasteiger partial charge in [0.25, 0.3) is 5.91 Å². The van der Waals surface area contributed by atoms with Crippen LogP contribution in [0.3, 0.4) is 0 Å². The molecular formula is C18H20N2OS. The molecule has 0 aliphatic carbocycles. The van der Waals surface area contributed by atoms with Crippen LogP contribution in [-0.4, -0.2) is 11.0 Å². The SMILES string of the molecule is CCc1ccc(NC(=S)NC(=O)c2ccc(C)c(C)c2)cc1. The molecule has 2 N–H and O–H groups in total. The summed E-state index contributed by atoms with van der Waals surface area (Å²) in [7, 11) is 0. The molecule has 0 spiro atoms. The summed E-state index contributed by atoms with van der Waals surface area (Å²) in [6, 6.07) is 13.6. The van der Waals surface area contributed by atoms with E-state index in [1.807, 2.05) is 50.2 Å². The maximum absolute atomic E-state index is 12.2. The van der Waals surface area contributed by atoms with Gasteiger partial charge in [-0.2, -0.15) is 0 Å². The van der Waals surface area contributed by atoms with Gasteiger partial charge in [0.15, 0.2) is 5.11 Å². The van der Waals surface area contributed by atoms with Crippen molar-refractivity contribution in [1.82, 2.24) is 5.32 Å². The highest BCUT2D eigenvalue weighted by molar-refractivity contribution is 7.80. The third kappa shape index (κ3) is 4.15. The molecule has 114 valence electrons. The average Bonchev–Trinajstić information content (AvgIpc) is 2.50. The average molecular weight is 312 g/mol. The van der Waals surface area contributed by atoms with Gasteiger partial charge in [-0.05, 0) is 73.4 Å². The number of aryl methyl sites for hydroxylation is 3. The zero-order chi connectivity index (χ0) is 16.1. The first kappa shape index (κ1) is 16.2. The number of thiocarbonyl (C=S) groups is 1. The Bertz CT molecular complexity index is 693. The van der Waals surface area contributed by atoms with Gasteiger partial charge in [0.2, 0.25) is 0 Å². The Morgan fingerprint density at radius 3 is 2.32 bits per heavy atom. The summed E-state index contributed by atoms with van der Waals surface area (Å²) in [4.78, 5) is 12.2. The lowest BCUT2D eigenvalue weighted by molar-refractivity contribution is 0.0977. The van der Waals surface area contributed by atoms with Crippen LogP contribution >= 0.6 is 12.2 Å². The van der Waals surface area contributed by atoms with Gasteiger partial charge < -0.3 is 5.32 Å². The van der Waals surface area contributed by atoms with E-state index in [2.05, 4.69) is 17.6 Å². The minimum atomic E-state index is -0.203. The van der Waals surface area contributed by atoms with E-state index in [0.717, 1.165) is 23.2 Å². The monoisotopic (exact) mass is 312 g/mol. The number of nitrogens with one attached hydrogen (secondary N) is 2. The van der Waals surface area contributed by atoms with Crippen molar-refractivity contribution >= 4 is 28.9 Å². The zero-order valence-corrected chi connectivity index (χ0v) is 13.9. The Kier molecular flexibility index (Phi) is 5.28. The largest absolute Gasteiger partial charge is 0.332 e. The van der Waals surface area contributed by atoms with Crippen molar-refractivity contribution in [3.8, 4) is 0 Å². The van der Waals surface area contributed by atoms with Gasteiger partial charge in [0.1, 0.15) is 0 Å². The van der Waals surface area contributed by atoms with E-state index in [0.29, 0.717) is 10.7 Å². The Labute approximate surface area is 136 Å². The molecule has 0 heterocycles. The van der Waals surface area contributed by atoms with E-state index in [1.54, 1.807) is 6.07 Å². The summed E-state index contributed by atoms with van der Waals surface area (Å²) in [5.74, 6) is -0.203. The van der Waals surface area contributed by atoms with Gasteiger partial charge >= 0.3 is 0 Å². The van der Waals surface area contributed by atoms with Crippen LogP contribution in [0.25, 0.3) is 0 Å². The molecule has 0 bridgehead atoms. The third-order valence-corrected chi connectivity index (χ3v) is 3.82. The quantitative estimate of drug-likeness (QED) is 0.842. The van der Waals surface area contributed by atoms with Crippen LogP contribution in [-0.2, 0) is 6.42 Å². The number of anilines is 1. The van der Waals surface area contributed by atoms with Crippen LogP contribution in [0.5, 0.6) is 0 Å². The minimum Gasteiger partial charge on any atom is -0.332 e. The van der Waals surface area contributed by atoms with Crippen LogP contribution in [0, 0.1) is 13.8 Å². The van der Waals surface area contributed by atoms with E-state index in [9.17, 15) is 4.79 Å². The number of hydrogen-bond donors (Lipinski definition) is 2. The molecule has 0 atom stereocenters. The summed E-state index contributed by atoms with van der Waals surface area (Å²) in [5, 5.41) is 6.02. The van der Waals surface area contributed by atoms with Crippen LogP contribution in [0.1, 0.15) is 34.0 Å². The molecule has 2 aromatic rings. The first-order valence-electron chi connectivity index (χ1n) is 7.28. The smallest absolute Gasteiger partial charge is 0.257 e. The lowest BCUT2D eigenvalue weighted by atomic mass is 10.1. The van der Waals surface area contributed by atoms with E-state index < -0.39 is 0 Å². The van der Waals surface area contributed by atoms with Crippen LogP contribution < -0.4 is 10.6 Å². The summed E-state index contributed by atoms with van der Waals surface area (Å²) in [6.45, 7) is 6.11. The van der Waals surface area contributed by atoms with E-state index in [-0.39, 0.29) is 5.91 Å². The van der Waals surface area contributed by atoms with Crippen molar-refractivity contribution in [3.63, 3.8) is 0 Å². The highest BCUT2D eigenvalue weighted by Gasteiger charge is 2.08. The van der Waals surface area contributed by atoms with Crippen molar-refractivity contribution < 1.29 is 4.79 Å². The van der Waals surface area contributed by atoms with Crippen LogP contribution in [0.4, 0.5) is 5.69 Å². The lowest BCUT2D eigenvalue weighted by Gasteiger charge is -2.11. The molecular weight excluding hydrogens is 292 g/mol. The van der Waals surface area contributed by atoms with E-state index in [4.69, 9.17) is 12.2 Å². The molecule has 0 aromatic heterocycles. The molecule has 2 rings (SSSR count). The number of carbonyl (C=O) groups is 1. The molecule has 0 radical (unpaired) electrons. The van der Waals surface area contributed by atoms with Crippen molar-refractivity contribution in [2.45, 2.75) is 27.2 Å². The molecule has 22 heavy (non-hydrogen) atoms. The van der Waals surface area contributed by atoms with Gasteiger partial charge in [-0.3, -0.25) is 10.1 Å². The number of amides is 1. The molecule has 3 nitrogen and oxygen atoms in total. The maximum atomic E-state index is 12.2. The van der Waals surface area contributed by atoms with Crippen LogP contribution in [0.15, 0.2) is 42.5 Å². The molecule has 0 saturated carbocycles. The summed E-state index contributed by atoms with van der Waals surface area (Å²) in [6.07, 6.45) is 0.994. The third-order valence-electron chi connectivity index (χ3n) is 3.62. The van der Waals surface area contributed by atoms with Gasteiger partial charge in [-0.1, -0.05) is 25.1 Å². The van der Waals surface area contributed by atoms with Gasteiger partial charge in [0.05, 0.1) is 0 Å². The minimum absolute atomic E-state index is 0.203. The Morgan fingerprint density at radius 1 is 1.05 bits per heavy atom. The van der Waals surface area contributed by atoms with Gasteiger partial charge in [0, 0.05) is 11.3 Å². The second kappa shape index (κ2) is 7.18. The molecule has 0 aliphatic rings. The van der Waals surface area contributed by atoms with Gasteiger partial charge in [-0.15, -0.1) is 0 Å². The highest BCUT2D eigenvalue weighted by atomic mass is 32.1. The fraction of sp³-hybridized carbons (Fsp3) is 0.222. The Balaban J connectivity index is 1.98. The molecule has 0 aliphatic heterocycles. The molecule has 2 aromatic carbocycles. The standard InChI is InChI=1S/C18H20N2OS/c1-4-14-6-9-16(10-7-14)19-18(22)20-17(21)15-8-5-12(2)13(3)11-15/h5-11H,4H2,1-3H3,(H2,19,20,21,22). The van der Waals surface area contributed by atoms with Crippen molar-refractivity contribution in [2.75, 3.05) is 5.32 Å². The number of rotatable bonds is 3. The molecule has 0 saturated heterocycles. The number of benzene rings is 2. The van der Waals surface area contributed by atoms with Crippen molar-refractivity contribution in [1.29, 1.82) is 0 Å². The predicted octanol–water partition coefficient (Wildman–Crippen LogP) is 3.99. The normalized spacial score (nSPS) is 10.1. The zero-order valence-electron chi connectivity index (χ0n) is 13.1. The van der Waals surface area contributed by atoms with Crippen molar-refractivity contribution in [2.24, 2.45) is 0 Å². The molecule has 4 heteroatoms. The van der Waals surface area contributed by atoms with Gasteiger partial charge in [-0.25, -0.2) is 0 Å². The fourth-order valence-electron chi connectivity index (χ4n) is 2.04. The summed E-state index contributed by atoms with van der Waals surface area (Å²) in [5.41, 5.74) is 4.97. The first-order valence-corrected chi connectivity index (χ1v) is 7.69. The lowest BCUT2D eigenvalue weighted by Crippen LogP contribution is -2.34. The second-order valence-electron chi connectivity index (χ2n) is 5.26. The fourth-order valence-corrected chi connectivity index (χ4v) is 2.25. The van der Waals surface area contributed by atoms with E-state index >= 15 is 0 Å². The maximum Gasteiger partial charge on any atom is 0.257 e. The highest BCUT2D eigenvalue weighted by Crippen LogP contribution is 2.11. The first-order chi connectivity index (χ1) is 10.5.